The molecule has 0 aromatic heterocycles. The minimum absolute atomic E-state index is 0.298. The monoisotopic (exact) mass is 281 g/mol. The molecule has 1 heterocycles. The first-order valence-corrected chi connectivity index (χ1v) is 7.77. The third-order valence-corrected chi connectivity index (χ3v) is 4.31. The Kier molecular flexibility index (Phi) is 4.69. The van der Waals surface area contributed by atoms with Crippen LogP contribution in [0.3, 0.4) is 0 Å². The van der Waals surface area contributed by atoms with Crippen LogP contribution in [0, 0.1) is 0 Å². The maximum absolute atomic E-state index is 5.96. The normalized spacial score (nSPS) is 21.1. The SMILES string of the molecule is C[C@H](c1ccccc1)N1CCOC(Cc2ccccc2)C1. The fourth-order valence-electron chi connectivity index (χ4n) is 3.04. The lowest BCUT2D eigenvalue weighted by molar-refractivity contribution is -0.0406. The van der Waals surface area contributed by atoms with Crippen molar-refractivity contribution in [3.05, 3.63) is 71.8 Å². The maximum atomic E-state index is 5.96. The summed E-state index contributed by atoms with van der Waals surface area (Å²) in [5.41, 5.74) is 2.74. The summed E-state index contributed by atoms with van der Waals surface area (Å²) in [6, 6.07) is 21.8. The van der Waals surface area contributed by atoms with Gasteiger partial charge in [-0.25, -0.2) is 0 Å². The first-order valence-electron chi connectivity index (χ1n) is 7.77. The molecular formula is C19H23NO. The van der Waals surface area contributed by atoms with Crippen LogP contribution in [0.15, 0.2) is 60.7 Å². The lowest BCUT2D eigenvalue weighted by Crippen LogP contribution is -2.44. The Morgan fingerprint density at radius 2 is 1.71 bits per heavy atom. The zero-order valence-electron chi connectivity index (χ0n) is 12.6. The quantitative estimate of drug-likeness (QED) is 0.847. The molecule has 1 aliphatic heterocycles. The van der Waals surface area contributed by atoms with Crippen molar-refractivity contribution >= 4 is 0 Å². The molecule has 2 heteroatoms. The van der Waals surface area contributed by atoms with Crippen LogP contribution in [0.4, 0.5) is 0 Å². The summed E-state index contributed by atoms with van der Waals surface area (Å²) in [5.74, 6) is 0. The second-order valence-corrected chi connectivity index (χ2v) is 5.76. The van der Waals surface area contributed by atoms with E-state index in [4.69, 9.17) is 4.74 Å². The van der Waals surface area contributed by atoms with Gasteiger partial charge in [-0.05, 0) is 24.5 Å². The first-order chi connectivity index (χ1) is 10.3. The van der Waals surface area contributed by atoms with E-state index >= 15 is 0 Å². The fourth-order valence-corrected chi connectivity index (χ4v) is 3.04. The molecule has 0 spiro atoms. The maximum Gasteiger partial charge on any atom is 0.0743 e. The van der Waals surface area contributed by atoms with E-state index in [9.17, 15) is 0 Å². The predicted octanol–water partition coefficient (Wildman–Crippen LogP) is 3.69. The second kappa shape index (κ2) is 6.88. The first kappa shape index (κ1) is 14.3. The number of benzene rings is 2. The lowest BCUT2D eigenvalue weighted by Gasteiger charge is -2.37. The molecule has 110 valence electrons. The minimum atomic E-state index is 0.298. The molecule has 0 amide bonds. The molecule has 0 radical (unpaired) electrons. The summed E-state index contributed by atoms with van der Waals surface area (Å²) in [6.45, 7) is 5.14. The van der Waals surface area contributed by atoms with Gasteiger partial charge >= 0.3 is 0 Å². The van der Waals surface area contributed by atoms with Crippen LogP contribution in [0.1, 0.15) is 24.1 Å². The van der Waals surface area contributed by atoms with E-state index in [0.29, 0.717) is 12.1 Å². The summed E-state index contributed by atoms with van der Waals surface area (Å²) in [6.07, 6.45) is 1.30. The predicted molar refractivity (Wildman–Crippen MR) is 86.3 cm³/mol. The van der Waals surface area contributed by atoms with Crippen LogP contribution in [-0.4, -0.2) is 30.7 Å². The number of ether oxygens (including phenoxy) is 1. The third kappa shape index (κ3) is 3.72. The summed E-state index contributed by atoms with van der Waals surface area (Å²) >= 11 is 0. The smallest absolute Gasteiger partial charge is 0.0743 e. The summed E-state index contributed by atoms with van der Waals surface area (Å²) < 4.78 is 5.96. The van der Waals surface area contributed by atoms with Gasteiger partial charge in [0, 0.05) is 19.1 Å². The van der Waals surface area contributed by atoms with Gasteiger partial charge in [0.1, 0.15) is 0 Å². The van der Waals surface area contributed by atoms with Crippen molar-refractivity contribution in [1.29, 1.82) is 0 Å². The third-order valence-electron chi connectivity index (χ3n) is 4.31. The van der Waals surface area contributed by atoms with E-state index in [1.165, 1.54) is 11.1 Å². The van der Waals surface area contributed by atoms with E-state index in [2.05, 4.69) is 72.5 Å². The van der Waals surface area contributed by atoms with Crippen LogP contribution in [0.2, 0.25) is 0 Å². The lowest BCUT2D eigenvalue weighted by atomic mass is 10.0. The van der Waals surface area contributed by atoms with Crippen molar-refractivity contribution in [3.8, 4) is 0 Å². The molecule has 0 bridgehead atoms. The van der Waals surface area contributed by atoms with E-state index in [1.807, 2.05) is 0 Å². The van der Waals surface area contributed by atoms with Crippen LogP contribution in [-0.2, 0) is 11.2 Å². The molecule has 1 saturated heterocycles. The molecule has 0 N–H and O–H groups in total. The Labute approximate surface area is 127 Å². The average molecular weight is 281 g/mol. The van der Waals surface area contributed by atoms with Crippen molar-refractivity contribution < 1.29 is 4.74 Å². The Balaban J connectivity index is 1.63. The zero-order valence-corrected chi connectivity index (χ0v) is 12.6. The number of morpholine rings is 1. The standard InChI is InChI=1S/C19H23NO/c1-16(18-10-6-3-7-11-18)20-12-13-21-19(15-20)14-17-8-4-2-5-9-17/h2-11,16,19H,12-15H2,1H3/t16-,19?/m1/s1. The van der Waals surface area contributed by atoms with Crippen LogP contribution in [0.5, 0.6) is 0 Å². The number of rotatable bonds is 4. The molecular weight excluding hydrogens is 258 g/mol. The van der Waals surface area contributed by atoms with Gasteiger partial charge in [0.05, 0.1) is 12.7 Å². The number of hydrogen-bond acceptors (Lipinski definition) is 2. The van der Waals surface area contributed by atoms with Gasteiger partial charge in [0.2, 0.25) is 0 Å². The van der Waals surface area contributed by atoms with Crippen molar-refractivity contribution in [2.75, 3.05) is 19.7 Å². The molecule has 1 unspecified atom stereocenters. The number of hydrogen-bond donors (Lipinski definition) is 0. The molecule has 3 rings (SSSR count). The topological polar surface area (TPSA) is 12.5 Å². The van der Waals surface area contributed by atoms with Crippen LogP contribution < -0.4 is 0 Å². The molecule has 1 aliphatic rings. The summed E-state index contributed by atoms with van der Waals surface area (Å²) in [4.78, 5) is 2.53. The van der Waals surface area contributed by atoms with Gasteiger partial charge in [-0.15, -0.1) is 0 Å². The summed E-state index contributed by atoms with van der Waals surface area (Å²) in [5, 5.41) is 0. The van der Waals surface area contributed by atoms with E-state index in [1.54, 1.807) is 0 Å². The van der Waals surface area contributed by atoms with Gasteiger partial charge in [-0.1, -0.05) is 60.7 Å². The minimum Gasteiger partial charge on any atom is -0.375 e. The van der Waals surface area contributed by atoms with Gasteiger partial charge in [-0.2, -0.15) is 0 Å². The highest BCUT2D eigenvalue weighted by Gasteiger charge is 2.24. The van der Waals surface area contributed by atoms with Gasteiger partial charge in [0.25, 0.3) is 0 Å². The fraction of sp³-hybridized carbons (Fsp3) is 0.368. The number of nitrogens with zero attached hydrogens (tertiary/aromatic N) is 1. The molecule has 0 aliphatic carbocycles. The Bertz CT molecular complexity index is 540. The highest BCUT2D eigenvalue weighted by atomic mass is 16.5. The summed E-state index contributed by atoms with van der Waals surface area (Å²) in [7, 11) is 0. The van der Waals surface area contributed by atoms with E-state index in [-0.39, 0.29) is 0 Å². The van der Waals surface area contributed by atoms with Gasteiger partial charge in [-0.3, -0.25) is 4.90 Å². The van der Waals surface area contributed by atoms with E-state index in [0.717, 1.165) is 26.1 Å². The van der Waals surface area contributed by atoms with Crippen molar-refractivity contribution in [1.82, 2.24) is 4.90 Å². The molecule has 2 nitrogen and oxygen atoms in total. The Morgan fingerprint density at radius 1 is 1.05 bits per heavy atom. The second-order valence-electron chi connectivity index (χ2n) is 5.76. The molecule has 21 heavy (non-hydrogen) atoms. The van der Waals surface area contributed by atoms with Gasteiger partial charge < -0.3 is 4.74 Å². The van der Waals surface area contributed by atoms with Crippen molar-refractivity contribution in [2.45, 2.75) is 25.5 Å². The van der Waals surface area contributed by atoms with E-state index < -0.39 is 0 Å². The van der Waals surface area contributed by atoms with Crippen LogP contribution >= 0.6 is 0 Å². The molecule has 2 atom stereocenters. The molecule has 1 fully saturated rings. The Hall–Kier alpha value is -1.64. The largest absolute Gasteiger partial charge is 0.375 e. The van der Waals surface area contributed by atoms with Crippen LogP contribution in [0.25, 0.3) is 0 Å². The molecule has 2 aromatic rings. The molecule has 2 aromatic carbocycles. The highest BCUT2D eigenvalue weighted by molar-refractivity contribution is 5.19. The highest BCUT2D eigenvalue weighted by Crippen LogP contribution is 2.23. The van der Waals surface area contributed by atoms with Crippen molar-refractivity contribution in [2.24, 2.45) is 0 Å². The van der Waals surface area contributed by atoms with Gasteiger partial charge in [0.15, 0.2) is 0 Å². The Morgan fingerprint density at radius 3 is 2.43 bits per heavy atom. The zero-order chi connectivity index (χ0) is 14.5. The van der Waals surface area contributed by atoms with Crippen molar-refractivity contribution in [3.63, 3.8) is 0 Å². The molecule has 0 saturated carbocycles. The average Bonchev–Trinajstić information content (AvgIpc) is 2.56.